The fourth-order valence-corrected chi connectivity index (χ4v) is 2.97. The normalized spacial score (nSPS) is 21.5. The smallest absolute Gasteiger partial charge is 0.0748 e. The van der Waals surface area contributed by atoms with E-state index in [9.17, 15) is 0 Å². The summed E-state index contributed by atoms with van der Waals surface area (Å²) in [7, 11) is 0. The Hall–Kier alpha value is -0.580. The maximum Gasteiger partial charge on any atom is 0.0748 e. The minimum Gasteiger partial charge on any atom is -0.375 e. The molecule has 1 fully saturated rings. The zero-order chi connectivity index (χ0) is 13.8. The fraction of sp³-hybridized carbons (Fsp3) is 0.600. The van der Waals surface area contributed by atoms with E-state index in [0.717, 1.165) is 37.0 Å². The number of rotatable bonds is 4. The van der Waals surface area contributed by atoms with Crippen LogP contribution in [0.25, 0.3) is 0 Å². The van der Waals surface area contributed by atoms with Crippen molar-refractivity contribution in [2.75, 3.05) is 24.6 Å². The molecule has 0 radical (unpaired) electrons. The summed E-state index contributed by atoms with van der Waals surface area (Å²) in [6, 6.07) is 6.67. The number of nitrogens with two attached hydrogens (primary N) is 1. The van der Waals surface area contributed by atoms with Gasteiger partial charge in [-0.2, -0.15) is 0 Å². The van der Waals surface area contributed by atoms with Crippen LogP contribution in [0.5, 0.6) is 0 Å². The van der Waals surface area contributed by atoms with Gasteiger partial charge in [-0.25, -0.2) is 0 Å². The van der Waals surface area contributed by atoms with Crippen LogP contribution >= 0.6 is 15.9 Å². The summed E-state index contributed by atoms with van der Waals surface area (Å²) in [5.41, 5.74) is 8.60. The van der Waals surface area contributed by atoms with Gasteiger partial charge in [0.1, 0.15) is 0 Å². The predicted octanol–water partition coefficient (Wildman–Crippen LogP) is 2.95. The van der Waals surface area contributed by atoms with Crippen molar-refractivity contribution in [3.8, 4) is 0 Å². The molecule has 3 nitrogen and oxygen atoms in total. The molecule has 0 bridgehead atoms. The number of hydrogen-bond acceptors (Lipinski definition) is 3. The molecule has 19 heavy (non-hydrogen) atoms. The van der Waals surface area contributed by atoms with Gasteiger partial charge in [0.15, 0.2) is 0 Å². The number of nitrogens with zero attached hydrogens (tertiary/aromatic N) is 1. The quantitative estimate of drug-likeness (QED) is 0.924. The van der Waals surface area contributed by atoms with Crippen LogP contribution in [0.3, 0.4) is 0 Å². The van der Waals surface area contributed by atoms with Gasteiger partial charge in [0.2, 0.25) is 0 Å². The monoisotopic (exact) mass is 326 g/mol. The van der Waals surface area contributed by atoms with Crippen LogP contribution in [0.1, 0.15) is 25.8 Å². The molecule has 1 saturated heterocycles. The molecule has 0 saturated carbocycles. The maximum atomic E-state index is 5.97. The molecular formula is C15H23BrN2O. The van der Waals surface area contributed by atoms with E-state index in [0.29, 0.717) is 6.10 Å². The Balaban J connectivity index is 2.22. The molecule has 2 atom stereocenters. The number of anilines is 1. The molecular weight excluding hydrogens is 304 g/mol. The maximum absolute atomic E-state index is 5.97. The number of morpholine rings is 1. The lowest BCUT2D eigenvalue weighted by atomic mass is 10.0. The Morgan fingerprint density at radius 2 is 2.32 bits per heavy atom. The zero-order valence-corrected chi connectivity index (χ0v) is 13.3. The highest BCUT2D eigenvalue weighted by atomic mass is 79.9. The summed E-state index contributed by atoms with van der Waals surface area (Å²) in [5.74, 6) is 0. The van der Waals surface area contributed by atoms with E-state index < -0.39 is 0 Å². The lowest BCUT2D eigenvalue weighted by Gasteiger charge is -2.35. The van der Waals surface area contributed by atoms with E-state index in [1.807, 2.05) is 0 Å². The van der Waals surface area contributed by atoms with E-state index in [-0.39, 0.29) is 6.04 Å². The topological polar surface area (TPSA) is 38.5 Å². The lowest BCUT2D eigenvalue weighted by molar-refractivity contribution is 0.0384. The Kier molecular flexibility index (Phi) is 5.25. The molecule has 2 rings (SSSR count). The number of ether oxygens (including phenoxy) is 1. The van der Waals surface area contributed by atoms with E-state index in [1.165, 1.54) is 11.3 Å². The van der Waals surface area contributed by atoms with E-state index in [2.05, 4.69) is 52.9 Å². The Bertz CT molecular complexity index is 423. The Morgan fingerprint density at radius 3 is 3.00 bits per heavy atom. The Labute approximate surface area is 124 Å². The number of benzene rings is 1. The van der Waals surface area contributed by atoms with Gasteiger partial charge in [0, 0.05) is 29.3 Å². The molecule has 2 N–H and O–H groups in total. The van der Waals surface area contributed by atoms with Crippen molar-refractivity contribution in [3.05, 3.63) is 28.2 Å². The molecule has 1 aliphatic rings. The van der Waals surface area contributed by atoms with Crippen LogP contribution in [0.15, 0.2) is 22.7 Å². The van der Waals surface area contributed by atoms with E-state index in [1.54, 1.807) is 0 Å². The van der Waals surface area contributed by atoms with Gasteiger partial charge in [-0.1, -0.05) is 22.9 Å². The molecule has 2 unspecified atom stereocenters. The van der Waals surface area contributed by atoms with Gasteiger partial charge >= 0.3 is 0 Å². The summed E-state index contributed by atoms with van der Waals surface area (Å²) in [5, 5.41) is 0. The standard InChI is InChI=1S/C15H23BrN2O/c1-3-14-10-18(6-7-19-14)15-5-4-13(16)9-12(15)8-11(2)17/h4-5,9,11,14H,3,6-8,10,17H2,1-2H3. The van der Waals surface area contributed by atoms with Gasteiger partial charge < -0.3 is 15.4 Å². The number of halogens is 1. The lowest BCUT2D eigenvalue weighted by Crippen LogP contribution is -2.42. The van der Waals surface area contributed by atoms with Gasteiger partial charge in [-0.15, -0.1) is 0 Å². The molecule has 0 amide bonds. The molecule has 0 aromatic heterocycles. The second-order valence-electron chi connectivity index (χ2n) is 5.30. The first kappa shape index (κ1) is 14.8. The first-order valence-electron chi connectivity index (χ1n) is 7.00. The highest BCUT2D eigenvalue weighted by Gasteiger charge is 2.21. The Morgan fingerprint density at radius 1 is 1.53 bits per heavy atom. The van der Waals surface area contributed by atoms with Crippen LogP contribution < -0.4 is 10.6 Å². The van der Waals surface area contributed by atoms with Crippen molar-refractivity contribution in [1.29, 1.82) is 0 Å². The van der Waals surface area contributed by atoms with Crippen molar-refractivity contribution < 1.29 is 4.74 Å². The predicted molar refractivity (Wildman–Crippen MR) is 83.7 cm³/mol. The van der Waals surface area contributed by atoms with Gasteiger partial charge in [-0.3, -0.25) is 0 Å². The van der Waals surface area contributed by atoms with Crippen LogP contribution in [0, 0.1) is 0 Å². The average Bonchev–Trinajstić information content (AvgIpc) is 2.38. The van der Waals surface area contributed by atoms with Crippen molar-refractivity contribution in [1.82, 2.24) is 0 Å². The molecule has 1 heterocycles. The molecule has 0 aliphatic carbocycles. The molecule has 0 spiro atoms. The van der Waals surface area contributed by atoms with Gasteiger partial charge in [0.05, 0.1) is 12.7 Å². The summed E-state index contributed by atoms with van der Waals surface area (Å²) in [6.07, 6.45) is 2.32. The third kappa shape index (κ3) is 3.94. The fourth-order valence-electron chi connectivity index (χ4n) is 2.56. The van der Waals surface area contributed by atoms with Crippen LogP contribution in [-0.4, -0.2) is 31.8 Å². The van der Waals surface area contributed by atoms with Crippen molar-refractivity contribution in [2.45, 2.75) is 38.8 Å². The average molecular weight is 327 g/mol. The van der Waals surface area contributed by atoms with Crippen LogP contribution in [0.4, 0.5) is 5.69 Å². The third-order valence-corrected chi connectivity index (χ3v) is 4.01. The first-order valence-corrected chi connectivity index (χ1v) is 7.80. The molecule has 106 valence electrons. The molecule has 1 aliphatic heterocycles. The second-order valence-corrected chi connectivity index (χ2v) is 6.22. The number of hydrogen-bond donors (Lipinski definition) is 1. The van der Waals surface area contributed by atoms with Crippen molar-refractivity contribution >= 4 is 21.6 Å². The van der Waals surface area contributed by atoms with Gasteiger partial charge in [0.25, 0.3) is 0 Å². The van der Waals surface area contributed by atoms with Crippen LogP contribution in [0.2, 0.25) is 0 Å². The first-order chi connectivity index (χ1) is 9.10. The summed E-state index contributed by atoms with van der Waals surface area (Å²) in [4.78, 5) is 2.43. The largest absolute Gasteiger partial charge is 0.375 e. The molecule has 1 aromatic rings. The van der Waals surface area contributed by atoms with Crippen LogP contribution in [-0.2, 0) is 11.2 Å². The SMILES string of the molecule is CCC1CN(c2ccc(Br)cc2CC(C)N)CCO1. The summed E-state index contributed by atoms with van der Waals surface area (Å²) < 4.78 is 6.87. The minimum atomic E-state index is 0.177. The van der Waals surface area contributed by atoms with E-state index >= 15 is 0 Å². The summed E-state index contributed by atoms with van der Waals surface area (Å²) in [6.45, 7) is 6.98. The molecule has 1 aromatic carbocycles. The third-order valence-electron chi connectivity index (χ3n) is 3.52. The zero-order valence-electron chi connectivity index (χ0n) is 11.7. The second kappa shape index (κ2) is 6.73. The van der Waals surface area contributed by atoms with E-state index in [4.69, 9.17) is 10.5 Å². The van der Waals surface area contributed by atoms with Crippen molar-refractivity contribution in [3.63, 3.8) is 0 Å². The highest BCUT2D eigenvalue weighted by molar-refractivity contribution is 9.10. The highest BCUT2D eigenvalue weighted by Crippen LogP contribution is 2.27. The van der Waals surface area contributed by atoms with Crippen molar-refractivity contribution in [2.24, 2.45) is 5.73 Å². The molecule has 4 heteroatoms. The van der Waals surface area contributed by atoms with Gasteiger partial charge in [-0.05, 0) is 43.5 Å². The minimum absolute atomic E-state index is 0.177. The summed E-state index contributed by atoms with van der Waals surface area (Å²) >= 11 is 3.55.